The van der Waals surface area contributed by atoms with E-state index in [1.165, 1.54) is 5.69 Å². The van der Waals surface area contributed by atoms with Gasteiger partial charge in [-0.05, 0) is 111 Å². The number of aromatic nitrogens is 6. The van der Waals surface area contributed by atoms with Gasteiger partial charge in [-0.2, -0.15) is 0 Å². The molecular weight excluding hydrogens is 934 g/mol. The van der Waals surface area contributed by atoms with Crippen LogP contribution < -0.4 is 24.4 Å². The van der Waals surface area contributed by atoms with Crippen molar-refractivity contribution in [3.63, 3.8) is 0 Å². The van der Waals surface area contributed by atoms with Crippen molar-refractivity contribution in [3.8, 4) is 40.0 Å². The third-order valence-electron chi connectivity index (χ3n) is 10.6. The quantitative estimate of drug-likeness (QED) is 0.0567. The van der Waals surface area contributed by atoms with Gasteiger partial charge in [-0.3, -0.25) is 4.90 Å². The number of aliphatic hydroxyl groups is 3. The fourth-order valence-corrected chi connectivity index (χ4v) is 7.69. The van der Waals surface area contributed by atoms with Crippen LogP contribution in [0.2, 0.25) is 0 Å². The summed E-state index contributed by atoms with van der Waals surface area (Å²) in [7, 11) is 1.69. The highest BCUT2D eigenvalue weighted by Crippen LogP contribution is 2.26. The van der Waals surface area contributed by atoms with E-state index >= 15 is 0 Å². The molecule has 0 aliphatic carbocycles. The van der Waals surface area contributed by atoms with Crippen molar-refractivity contribution >= 4 is 59.9 Å². The summed E-state index contributed by atoms with van der Waals surface area (Å²) in [6.45, 7) is 9.08. The number of imidazole rings is 2. The van der Waals surface area contributed by atoms with Gasteiger partial charge in [-0.15, -0.1) is 0 Å². The van der Waals surface area contributed by atoms with Gasteiger partial charge in [0.2, 0.25) is 0 Å². The van der Waals surface area contributed by atoms with Crippen molar-refractivity contribution in [2.45, 2.75) is 32.1 Å². The number of methoxy groups -OCH3 is 1. The van der Waals surface area contributed by atoms with Gasteiger partial charge >= 0.3 is 0 Å². The maximum atomic E-state index is 10.5. The zero-order valence-corrected chi connectivity index (χ0v) is 38.6. The minimum atomic E-state index is -0.660. The van der Waals surface area contributed by atoms with E-state index in [1.54, 1.807) is 19.5 Å². The Kier molecular flexibility index (Phi) is 16.0. The molecule has 7 aromatic rings. The summed E-state index contributed by atoms with van der Waals surface area (Å²) in [6.07, 6.45) is 2.23. The molecule has 1 aliphatic heterocycles. The molecule has 0 bridgehead atoms. The molecular formula is C46H53Br2N9O6. The van der Waals surface area contributed by atoms with Crippen molar-refractivity contribution in [1.29, 1.82) is 0 Å². The van der Waals surface area contributed by atoms with E-state index in [0.29, 0.717) is 41.8 Å². The SMILES string of the molecule is CC(C)C(CO)NCC(O)COc1ccc(-c2nc3ncc(Br)cc3[nH]2)cc1.COc1cccc(N2CCN(CC(O)COc3ccc(-c4nc5ncc(Br)cc5[nH]4)cc3)CC2)c1. The van der Waals surface area contributed by atoms with Crippen LogP contribution in [0, 0.1) is 5.92 Å². The van der Waals surface area contributed by atoms with Crippen molar-refractivity contribution in [3.05, 3.63) is 106 Å². The Bertz CT molecular complexity index is 2510. The standard InChI is InChI=1S/C26H28BrN5O3.C20H25BrN4O3/c1-34-23-4-2-3-20(14-23)32-11-9-31(10-12-32)16-21(33)17-35-22-7-5-18(6-8-22)25-29-24-13-19(27)15-28-26(24)30-25;1-12(2)18(10-26)22-9-15(27)11-28-16-5-3-13(4-6-16)19-24-17-7-14(21)8-23-20(17)25-19/h2-8,13-15,21,33H,9-12,16-17H2,1H3,(H,28,29,30);3-8,12,15,18,22,26-27H,9-11H2,1-2H3,(H,23,24,25). The first-order valence-corrected chi connectivity index (χ1v) is 22.4. The lowest BCUT2D eigenvalue weighted by atomic mass is 10.1. The van der Waals surface area contributed by atoms with Gasteiger partial charge in [0.05, 0.1) is 24.8 Å². The van der Waals surface area contributed by atoms with Gasteiger partial charge in [-0.1, -0.05) is 19.9 Å². The Hall–Kier alpha value is -5.14. The molecule has 15 nitrogen and oxygen atoms in total. The lowest BCUT2D eigenvalue weighted by Gasteiger charge is -2.37. The zero-order chi connectivity index (χ0) is 44.3. The van der Waals surface area contributed by atoms with Crippen molar-refractivity contribution in [2.75, 3.05) is 71.1 Å². The second-order valence-corrected chi connectivity index (χ2v) is 17.5. The van der Waals surface area contributed by atoms with Gasteiger partial charge < -0.3 is 49.7 Å². The number of H-pyrrole nitrogens is 2. The number of ether oxygens (including phenoxy) is 3. The minimum absolute atomic E-state index is 0.0344. The zero-order valence-electron chi connectivity index (χ0n) is 35.4. The summed E-state index contributed by atoms with van der Waals surface area (Å²) < 4.78 is 18.6. The van der Waals surface area contributed by atoms with E-state index in [0.717, 1.165) is 74.7 Å². The maximum absolute atomic E-state index is 10.5. The summed E-state index contributed by atoms with van der Waals surface area (Å²) >= 11 is 6.83. The number of nitrogens with zero attached hydrogens (tertiary/aromatic N) is 6. The van der Waals surface area contributed by atoms with Crippen molar-refractivity contribution in [1.82, 2.24) is 40.1 Å². The molecule has 4 aromatic heterocycles. The van der Waals surface area contributed by atoms with Crippen molar-refractivity contribution in [2.24, 2.45) is 5.92 Å². The van der Waals surface area contributed by atoms with Crippen LogP contribution in [0.15, 0.2) is 106 Å². The van der Waals surface area contributed by atoms with E-state index in [9.17, 15) is 15.3 Å². The number of anilines is 1. The molecule has 3 atom stereocenters. The summed E-state index contributed by atoms with van der Waals surface area (Å²) in [5.74, 6) is 4.04. The maximum Gasteiger partial charge on any atom is 0.178 e. The predicted molar refractivity (Wildman–Crippen MR) is 252 cm³/mol. The van der Waals surface area contributed by atoms with Gasteiger partial charge in [0.1, 0.15) is 54.3 Å². The Balaban J connectivity index is 0.000000194. The Morgan fingerprint density at radius 1 is 0.714 bits per heavy atom. The molecule has 63 heavy (non-hydrogen) atoms. The second kappa shape index (κ2) is 22.0. The number of halogens is 2. The number of aliphatic hydroxyl groups excluding tert-OH is 3. The lowest BCUT2D eigenvalue weighted by molar-refractivity contribution is 0.0663. The van der Waals surface area contributed by atoms with E-state index in [4.69, 9.17) is 14.2 Å². The number of aromatic amines is 2. The second-order valence-electron chi connectivity index (χ2n) is 15.6. The van der Waals surface area contributed by atoms with Crippen LogP contribution in [-0.2, 0) is 0 Å². The lowest BCUT2D eigenvalue weighted by Crippen LogP contribution is -2.49. The summed E-state index contributed by atoms with van der Waals surface area (Å²) in [5.41, 5.74) is 6.12. The highest BCUT2D eigenvalue weighted by molar-refractivity contribution is 9.10. The van der Waals surface area contributed by atoms with Gasteiger partial charge in [0.25, 0.3) is 0 Å². The molecule has 0 spiro atoms. The molecule has 0 saturated carbocycles. The summed E-state index contributed by atoms with van der Waals surface area (Å²) in [4.78, 5) is 28.8. The van der Waals surface area contributed by atoms with Crippen LogP contribution in [0.1, 0.15) is 13.8 Å². The number of nitrogens with one attached hydrogen (secondary N) is 3. The summed E-state index contributed by atoms with van der Waals surface area (Å²) in [5, 5.41) is 33.1. The van der Waals surface area contributed by atoms with E-state index in [1.807, 2.05) is 86.6 Å². The molecule has 1 saturated heterocycles. The first-order chi connectivity index (χ1) is 30.5. The highest BCUT2D eigenvalue weighted by atomic mass is 79.9. The first-order valence-electron chi connectivity index (χ1n) is 20.8. The number of hydrogen-bond donors (Lipinski definition) is 6. The molecule has 0 radical (unpaired) electrons. The number of piperazine rings is 1. The Morgan fingerprint density at radius 2 is 1.25 bits per heavy atom. The smallest absolute Gasteiger partial charge is 0.178 e. The number of rotatable bonds is 17. The first kappa shape index (κ1) is 45.9. The number of β-amino-alcohol motifs (C(OH)–C–C–N with tert-alkyl or cyclic N) is 1. The van der Waals surface area contributed by atoms with Crippen LogP contribution >= 0.6 is 31.9 Å². The van der Waals surface area contributed by atoms with Gasteiger partial charge in [-0.25, -0.2) is 19.9 Å². The fourth-order valence-electron chi connectivity index (χ4n) is 7.03. The van der Waals surface area contributed by atoms with E-state index in [2.05, 4.69) is 89.0 Å². The minimum Gasteiger partial charge on any atom is -0.497 e. The van der Waals surface area contributed by atoms with Crippen LogP contribution in [-0.4, -0.2) is 135 Å². The largest absolute Gasteiger partial charge is 0.497 e. The van der Waals surface area contributed by atoms with Gasteiger partial charge in [0.15, 0.2) is 11.3 Å². The van der Waals surface area contributed by atoms with Crippen LogP contribution in [0.25, 0.3) is 45.1 Å². The van der Waals surface area contributed by atoms with Crippen LogP contribution in [0.3, 0.4) is 0 Å². The molecule has 332 valence electrons. The van der Waals surface area contributed by atoms with Crippen LogP contribution in [0.4, 0.5) is 5.69 Å². The monoisotopic (exact) mass is 985 g/mol. The predicted octanol–water partition coefficient (Wildman–Crippen LogP) is 6.69. The van der Waals surface area contributed by atoms with E-state index < -0.39 is 12.2 Å². The molecule has 3 aromatic carbocycles. The molecule has 0 amide bonds. The van der Waals surface area contributed by atoms with Crippen molar-refractivity contribution < 1.29 is 29.5 Å². The van der Waals surface area contributed by atoms with E-state index in [-0.39, 0.29) is 25.9 Å². The van der Waals surface area contributed by atoms with Gasteiger partial charge in [0, 0.05) is 89.5 Å². The average molecular weight is 988 g/mol. The molecule has 17 heteroatoms. The molecule has 6 N–H and O–H groups in total. The highest BCUT2D eigenvalue weighted by Gasteiger charge is 2.21. The molecule has 1 fully saturated rings. The Labute approximate surface area is 383 Å². The number of pyridine rings is 2. The average Bonchev–Trinajstić information content (AvgIpc) is 3.93. The Morgan fingerprint density at radius 3 is 1.76 bits per heavy atom. The third kappa shape index (κ3) is 12.7. The fraction of sp³-hybridized carbons (Fsp3) is 0.348. The molecule has 5 heterocycles. The number of benzene rings is 3. The normalized spacial score (nSPS) is 14.7. The summed E-state index contributed by atoms with van der Waals surface area (Å²) in [6, 6.07) is 27.2. The third-order valence-corrected chi connectivity index (χ3v) is 11.5. The number of hydrogen-bond acceptors (Lipinski definition) is 13. The van der Waals surface area contributed by atoms with Crippen LogP contribution in [0.5, 0.6) is 17.2 Å². The molecule has 1 aliphatic rings. The molecule has 8 rings (SSSR count). The number of fused-ring (bicyclic) bond motifs is 2. The molecule has 3 unspecified atom stereocenters. The topological polar surface area (TPSA) is 190 Å².